The van der Waals surface area contributed by atoms with Gasteiger partial charge in [0.15, 0.2) is 0 Å². The number of nitrogens with zero attached hydrogens (tertiary/aromatic N) is 3. The van der Waals surface area contributed by atoms with Gasteiger partial charge in [0.25, 0.3) is 0 Å². The van der Waals surface area contributed by atoms with Crippen LogP contribution in [-0.4, -0.2) is 36.8 Å². The van der Waals surface area contributed by atoms with Crippen LogP contribution in [-0.2, 0) is 10.0 Å². The van der Waals surface area contributed by atoms with Gasteiger partial charge >= 0.3 is 5.97 Å². The fourth-order valence-corrected chi connectivity index (χ4v) is 6.74. The predicted octanol–water partition coefficient (Wildman–Crippen LogP) is 6.14. The molecule has 3 aromatic carbocycles. The van der Waals surface area contributed by atoms with Crippen LogP contribution in [0.15, 0.2) is 77.7 Å². The maximum Gasteiger partial charge on any atom is 0.343 e. The lowest BCUT2D eigenvalue weighted by molar-refractivity contribution is 0.0734. The van der Waals surface area contributed by atoms with Crippen molar-refractivity contribution >= 4 is 49.2 Å². The largest absolute Gasteiger partial charge is 0.423 e. The molecule has 1 aromatic heterocycles. The molecule has 0 amide bonds. The molecule has 192 valence electrons. The Hall–Kier alpha value is -3.84. The van der Waals surface area contributed by atoms with Crippen LogP contribution in [0.4, 0.5) is 0 Å². The minimum Gasteiger partial charge on any atom is -0.423 e. The van der Waals surface area contributed by atoms with Crippen LogP contribution in [0.2, 0.25) is 0 Å². The molecule has 0 saturated carbocycles. The maximum absolute atomic E-state index is 13.0. The normalized spacial score (nSPS) is 15.1. The summed E-state index contributed by atoms with van der Waals surface area (Å²) in [6.07, 6.45) is 5.54. The first kappa shape index (κ1) is 25.8. The molecule has 1 aliphatic rings. The number of ether oxygens (including phenoxy) is 1. The highest BCUT2D eigenvalue weighted by Crippen LogP contribution is 2.28. The topological polar surface area (TPSA) is 100 Å². The zero-order valence-corrected chi connectivity index (χ0v) is 22.2. The average molecular weight is 544 g/mol. The Morgan fingerprint density at radius 3 is 2.29 bits per heavy atom. The van der Waals surface area contributed by atoms with E-state index >= 15 is 0 Å². The number of hydrogen-bond donors (Lipinski definition) is 0. The van der Waals surface area contributed by atoms with Gasteiger partial charge in [0.2, 0.25) is 10.0 Å². The number of para-hydroxylation sites is 1. The van der Waals surface area contributed by atoms with Crippen molar-refractivity contribution < 1.29 is 17.9 Å². The molecule has 0 radical (unpaired) electrons. The molecule has 0 aliphatic carbocycles. The van der Waals surface area contributed by atoms with E-state index in [1.807, 2.05) is 24.3 Å². The summed E-state index contributed by atoms with van der Waals surface area (Å²) in [6.45, 7) is 1.04. The maximum atomic E-state index is 13.0. The average Bonchev–Trinajstić information content (AvgIpc) is 3.17. The van der Waals surface area contributed by atoms with Crippen molar-refractivity contribution in [2.75, 3.05) is 13.1 Å². The lowest BCUT2D eigenvalue weighted by Gasteiger charge is -2.19. The van der Waals surface area contributed by atoms with E-state index in [9.17, 15) is 18.5 Å². The first-order chi connectivity index (χ1) is 18.4. The molecule has 0 bridgehead atoms. The Balaban J connectivity index is 1.26. The van der Waals surface area contributed by atoms with Gasteiger partial charge in [-0.15, -0.1) is 11.3 Å². The van der Waals surface area contributed by atoms with E-state index in [2.05, 4.69) is 11.1 Å². The van der Waals surface area contributed by atoms with Crippen molar-refractivity contribution in [2.24, 2.45) is 0 Å². The van der Waals surface area contributed by atoms with Crippen LogP contribution in [0.1, 0.15) is 46.6 Å². The van der Waals surface area contributed by atoms with Crippen molar-refractivity contribution in [3.8, 4) is 11.8 Å². The second-order valence-electron chi connectivity index (χ2n) is 8.96. The summed E-state index contributed by atoms with van der Waals surface area (Å²) in [6, 6.07) is 22.6. The molecule has 0 spiro atoms. The molecule has 1 fully saturated rings. The summed E-state index contributed by atoms with van der Waals surface area (Å²) >= 11 is 1.46. The fraction of sp³-hybridized carbons (Fsp3) is 0.207. The molecule has 1 saturated heterocycles. The smallest absolute Gasteiger partial charge is 0.343 e. The number of esters is 1. The molecular weight excluding hydrogens is 518 g/mol. The van der Waals surface area contributed by atoms with Gasteiger partial charge in [-0.05, 0) is 73.0 Å². The molecule has 0 atom stereocenters. The van der Waals surface area contributed by atoms with Gasteiger partial charge in [0.05, 0.1) is 26.2 Å². The third-order valence-corrected chi connectivity index (χ3v) is 9.32. The monoisotopic (exact) mass is 543 g/mol. The molecule has 9 heteroatoms. The van der Waals surface area contributed by atoms with E-state index in [0.717, 1.165) is 41.5 Å². The Kier molecular flexibility index (Phi) is 7.65. The van der Waals surface area contributed by atoms with Crippen LogP contribution < -0.4 is 4.74 Å². The van der Waals surface area contributed by atoms with E-state index in [4.69, 9.17) is 4.74 Å². The summed E-state index contributed by atoms with van der Waals surface area (Å²) < 4.78 is 33.9. The standard InChI is InChI=1S/C29H25N3O4S2/c30-20-23(28-31-26-7-3-4-8-27(26)37-28)19-21-9-13-24(14-10-21)36-29(33)22-11-15-25(16-12-22)38(34,35)32-17-5-1-2-6-18-32/h3-4,7-16,19H,1-2,5-6,17-18H2/b23-19+. The van der Waals surface area contributed by atoms with Crippen LogP contribution in [0.5, 0.6) is 5.75 Å². The van der Waals surface area contributed by atoms with E-state index in [0.29, 0.717) is 29.4 Å². The molecule has 2 heterocycles. The lowest BCUT2D eigenvalue weighted by atomic mass is 10.1. The van der Waals surface area contributed by atoms with Crippen molar-refractivity contribution in [2.45, 2.75) is 30.6 Å². The Bertz CT molecular complexity index is 1590. The number of benzene rings is 3. The number of fused-ring (bicyclic) bond motifs is 1. The zero-order valence-electron chi connectivity index (χ0n) is 20.5. The zero-order chi connectivity index (χ0) is 26.5. The summed E-state index contributed by atoms with van der Waals surface area (Å²) in [4.78, 5) is 17.4. The van der Waals surface area contributed by atoms with E-state index < -0.39 is 16.0 Å². The van der Waals surface area contributed by atoms with Crippen molar-refractivity contribution in [3.05, 3.63) is 88.9 Å². The van der Waals surface area contributed by atoms with Gasteiger partial charge in [-0.3, -0.25) is 0 Å². The van der Waals surface area contributed by atoms with Crippen LogP contribution in [0.25, 0.3) is 21.9 Å². The van der Waals surface area contributed by atoms with Crippen LogP contribution >= 0.6 is 11.3 Å². The molecule has 4 aromatic rings. The second-order valence-corrected chi connectivity index (χ2v) is 11.9. The Morgan fingerprint density at radius 2 is 1.63 bits per heavy atom. The first-order valence-corrected chi connectivity index (χ1v) is 14.6. The number of allylic oxidation sites excluding steroid dienone is 1. The summed E-state index contributed by atoms with van der Waals surface area (Å²) in [7, 11) is -3.58. The SMILES string of the molecule is N#C/C(=C\c1ccc(OC(=O)c2ccc(S(=O)(=O)N3CCCCCC3)cc2)cc1)c1nc2ccccc2s1. The number of thiazole rings is 1. The highest BCUT2D eigenvalue weighted by Gasteiger charge is 2.25. The fourth-order valence-electron chi connectivity index (χ4n) is 4.29. The highest BCUT2D eigenvalue weighted by molar-refractivity contribution is 7.89. The first-order valence-electron chi connectivity index (χ1n) is 12.3. The number of carbonyl (C=O) groups is 1. The van der Waals surface area contributed by atoms with Crippen molar-refractivity contribution in [1.82, 2.24) is 9.29 Å². The number of hydrogen-bond acceptors (Lipinski definition) is 7. The third-order valence-electron chi connectivity index (χ3n) is 6.34. The molecule has 38 heavy (non-hydrogen) atoms. The predicted molar refractivity (Wildman–Crippen MR) is 148 cm³/mol. The molecule has 1 aliphatic heterocycles. The van der Waals surface area contributed by atoms with Crippen molar-refractivity contribution in [1.29, 1.82) is 5.26 Å². The Labute approximate surface area is 225 Å². The molecule has 0 unspecified atom stereocenters. The Morgan fingerprint density at radius 1 is 0.947 bits per heavy atom. The number of nitriles is 1. The minimum atomic E-state index is -3.58. The van der Waals surface area contributed by atoms with Gasteiger partial charge in [-0.1, -0.05) is 37.1 Å². The quantitative estimate of drug-likeness (QED) is 0.164. The number of rotatable bonds is 6. The van der Waals surface area contributed by atoms with Gasteiger partial charge < -0.3 is 4.74 Å². The van der Waals surface area contributed by atoms with Crippen LogP contribution in [0.3, 0.4) is 0 Å². The molecule has 5 rings (SSSR count). The molecule has 7 nitrogen and oxygen atoms in total. The third kappa shape index (κ3) is 5.68. The summed E-state index contributed by atoms with van der Waals surface area (Å²) in [5.41, 5.74) is 2.32. The van der Waals surface area contributed by atoms with Gasteiger partial charge in [0.1, 0.15) is 16.8 Å². The number of carbonyl (C=O) groups excluding carboxylic acids is 1. The number of sulfonamides is 1. The summed E-state index contributed by atoms with van der Waals surface area (Å²) in [5.74, 6) is -0.244. The molecule has 0 N–H and O–H groups in total. The van der Waals surface area contributed by atoms with E-state index in [-0.39, 0.29) is 10.5 Å². The van der Waals surface area contributed by atoms with Crippen LogP contribution in [0, 0.1) is 11.3 Å². The van der Waals surface area contributed by atoms with E-state index in [1.165, 1.54) is 39.9 Å². The van der Waals surface area contributed by atoms with E-state index in [1.54, 1.807) is 30.3 Å². The van der Waals surface area contributed by atoms with Crippen molar-refractivity contribution in [3.63, 3.8) is 0 Å². The van der Waals surface area contributed by atoms with Gasteiger partial charge in [0, 0.05) is 13.1 Å². The lowest BCUT2D eigenvalue weighted by Crippen LogP contribution is -2.31. The second kappa shape index (κ2) is 11.3. The van der Waals surface area contributed by atoms with Gasteiger partial charge in [-0.25, -0.2) is 18.2 Å². The highest BCUT2D eigenvalue weighted by atomic mass is 32.2. The minimum absolute atomic E-state index is 0.175. The molecular formula is C29H25N3O4S2. The number of aromatic nitrogens is 1. The summed E-state index contributed by atoms with van der Waals surface area (Å²) in [5, 5.41) is 10.3. The van der Waals surface area contributed by atoms with Gasteiger partial charge in [-0.2, -0.15) is 9.57 Å².